The molecule has 22 aromatic rings. The van der Waals surface area contributed by atoms with Crippen LogP contribution >= 0.6 is 0 Å². The Hall–Kier alpha value is -15.6. The van der Waals surface area contributed by atoms with Crippen LogP contribution in [0, 0.1) is 0 Å². The van der Waals surface area contributed by atoms with E-state index in [1.165, 1.54) is 121 Å². The molecule has 0 N–H and O–H groups in total. The molecule has 1 unspecified atom stereocenters. The van der Waals surface area contributed by atoms with Crippen LogP contribution in [0.2, 0.25) is 0 Å². The summed E-state index contributed by atoms with van der Waals surface area (Å²) in [7, 11) is 0. The zero-order chi connectivity index (χ0) is 78.9. The second-order valence-corrected chi connectivity index (χ2v) is 32.1. The first-order valence-corrected chi connectivity index (χ1v) is 41.5. The summed E-state index contributed by atoms with van der Waals surface area (Å²) in [6.45, 7) is 0. The van der Waals surface area contributed by atoms with Gasteiger partial charge in [0, 0.05) is 72.7 Å². The fourth-order valence-electron chi connectivity index (χ4n) is 19.6. The number of allylic oxidation sites excluding steroid dienone is 4. The number of hydrogen-bond acceptors (Lipinski definition) is 4. The second-order valence-electron chi connectivity index (χ2n) is 32.1. The van der Waals surface area contributed by atoms with Gasteiger partial charge in [-0.15, -0.1) is 0 Å². The Labute approximate surface area is 694 Å². The Balaban J connectivity index is 0.553. The minimum atomic E-state index is 0.285. The predicted molar refractivity (Wildman–Crippen MR) is 506 cm³/mol. The van der Waals surface area contributed by atoms with Crippen LogP contribution in [0.3, 0.4) is 0 Å². The van der Waals surface area contributed by atoms with E-state index in [2.05, 4.69) is 422 Å². The molecule has 20 aromatic carbocycles. The molecule has 120 heavy (non-hydrogen) atoms. The lowest BCUT2D eigenvalue weighted by atomic mass is 9.70. The molecule has 2 heterocycles. The van der Waals surface area contributed by atoms with Crippen LogP contribution in [0.15, 0.2) is 440 Å². The molecule has 2 aliphatic rings. The van der Waals surface area contributed by atoms with Crippen molar-refractivity contribution < 1.29 is 8.83 Å². The molecule has 0 amide bonds. The summed E-state index contributed by atoms with van der Waals surface area (Å²) >= 11 is 0. The molecule has 0 radical (unpaired) electrons. The van der Waals surface area contributed by atoms with Crippen molar-refractivity contribution >= 4 is 143 Å². The van der Waals surface area contributed by atoms with Gasteiger partial charge < -0.3 is 18.6 Å². The predicted octanol–water partition coefficient (Wildman–Crippen LogP) is 32.8. The topological polar surface area (TPSA) is 32.8 Å². The minimum absolute atomic E-state index is 0.285. The number of benzene rings is 20. The highest BCUT2D eigenvalue weighted by Crippen LogP contribution is 2.53. The van der Waals surface area contributed by atoms with Gasteiger partial charge in [-0.05, 0) is 258 Å². The van der Waals surface area contributed by atoms with Crippen LogP contribution in [0.4, 0.5) is 34.1 Å². The summed E-state index contributed by atoms with van der Waals surface area (Å²) < 4.78 is 13.1. The first kappa shape index (κ1) is 68.8. The molecular weight excluding hydrogens is 1450 g/mol. The Morgan fingerprint density at radius 2 is 0.558 bits per heavy atom. The summed E-state index contributed by atoms with van der Waals surface area (Å²) in [5.74, 6) is 0.285. The smallest absolute Gasteiger partial charge is 0.143 e. The van der Waals surface area contributed by atoms with Gasteiger partial charge in [-0.1, -0.05) is 328 Å². The Morgan fingerprint density at radius 1 is 0.200 bits per heavy atom. The molecule has 4 heteroatoms. The number of furan rings is 2. The van der Waals surface area contributed by atoms with Crippen LogP contribution in [0.5, 0.6) is 0 Å². The van der Waals surface area contributed by atoms with Crippen molar-refractivity contribution in [2.45, 2.75) is 12.3 Å². The van der Waals surface area contributed by atoms with Crippen molar-refractivity contribution in [1.29, 1.82) is 0 Å². The molecule has 4 nitrogen and oxygen atoms in total. The van der Waals surface area contributed by atoms with Crippen molar-refractivity contribution in [2.75, 3.05) is 9.80 Å². The monoisotopic (exact) mass is 1530 g/mol. The van der Waals surface area contributed by atoms with Gasteiger partial charge in [0.15, 0.2) is 0 Å². The minimum Gasteiger partial charge on any atom is -0.455 e. The summed E-state index contributed by atoms with van der Waals surface area (Å²) in [6, 6.07) is 154. The van der Waals surface area contributed by atoms with Gasteiger partial charge in [-0.25, -0.2) is 0 Å². The molecule has 0 bridgehead atoms. The summed E-state index contributed by atoms with van der Waals surface area (Å²) in [6.07, 6.45) is 5.67. The van der Waals surface area contributed by atoms with E-state index in [1.807, 2.05) is 18.2 Å². The third-order valence-electron chi connectivity index (χ3n) is 25.5. The number of para-hydroxylation sites is 4. The fraction of sp³-hybridized carbons (Fsp3) is 0.0172. The Kier molecular flexibility index (Phi) is 16.1. The highest BCUT2D eigenvalue weighted by molar-refractivity contribution is 6.27. The lowest BCUT2D eigenvalue weighted by molar-refractivity contribution is 0.669. The third-order valence-corrected chi connectivity index (χ3v) is 25.5. The normalized spacial score (nSPS) is 13.2. The van der Waals surface area contributed by atoms with Crippen LogP contribution in [-0.4, -0.2) is 0 Å². The van der Waals surface area contributed by atoms with Gasteiger partial charge in [0.05, 0.1) is 0 Å². The standard InChI is InChI=1S/C116H74N2O2/c1-2-18-80-69-81(36-35-73(80)17-1)74-37-52-85(53-38-74)117(89-60-45-78(46-61-89)93-29-15-31-108-106-27-11-13-33-113(106)119-115(93)108)86-54-41-76(42-55-86)83-50-65-105-111(71-83)102-26-10-8-24-100(102)104-66-51-84(72-112(104)105)92-68-67-91(95-19-3-4-20-96(92)95)77-43-58-88(59-44-77)118(90-62-47-79(48-63-90)94-30-16-32-109-107-28-12-14-34-114(107)120-116(94)109)87-56-39-75(40-57-87)82-49-64-103-99-23-6-5-21-97(99)98-22-7-9-25-101(98)110(103)70-82/h1-69,71-72,110H,70H2. The molecule has 0 spiro atoms. The van der Waals surface area contributed by atoms with Gasteiger partial charge in [0.25, 0.3) is 0 Å². The molecule has 0 saturated carbocycles. The molecule has 0 fully saturated rings. The maximum Gasteiger partial charge on any atom is 0.143 e. The lowest BCUT2D eigenvalue weighted by Crippen LogP contribution is -2.13. The highest BCUT2D eigenvalue weighted by atomic mass is 16.3. The largest absolute Gasteiger partial charge is 0.455 e. The summed E-state index contributed by atoms with van der Waals surface area (Å²) in [5, 5.41) is 16.7. The molecule has 24 rings (SSSR count). The molecule has 0 aliphatic heterocycles. The zero-order valence-corrected chi connectivity index (χ0v) is 65.5. The molecule has 2 aromatic heterocycles. The van der Waals surface area contributed by atoms with Gasteiger partial charge in [0.2, 0.25) is 0 Å². The zero-order valence-electron chi connectivity index (χ0n) is 65.5. The van der Waals surface area contributed by atoms with Gasteiger partial charge in [-0.2, -0.15) is 0 Å². The van der Waals surface area contributed by atoms with Crippen LogP contribution in [-0.2, 0) is 0 Å². The Morgan fingerprint density at radius 3 is 1.11 bits per heavy atom. The van der Waals surface area contributed by atoms with E-state index in [9.17, 15) is 0 Å². The van der Waals surface area contributed by atoms with Crippen molar-refractivity contribution in [2.24, 2.45) is 0 Å². The van der Waals surface area contributed by atoms with E-state index in [-0.39, 0.29) is 5.92 Å². The summed E-state index contributed by atoms with van der Waals surface area (Å²) in [4.78, 5) is 4.75. The number of rotatable bonds is 13. The van der Waals surface area contributed by atoms with Gasteiger partial charge >= 0.3 is 0 Å². The van der Waals surface area contributed by atoms with E-state index < -0.39 is 0 Å². The average molecular weight is 1530 g/mol. The third kappa shape index (κ3) is 11.5. The number of hydrogen-bond donors (Lipinski definition) is 0. The van der Waals surface area contributed by atoms with Gasteiger partial charge in [-0.3, -0.25) is 0 Å². The maximum atomic E-state index is 6.57. The van der Waals surface area contributed by atoms with E-state index in [0.29, 0.717) is 0 Å². The number of nitrogens with zero attached hydrogens (tertiary/aromatic N) is 2. The highest BCUT2D eigenvalue weighted by Gasteiger charge is 2.32. The fourth-order valence-corrected chi connectivity index (χ4v) is 19.6. The van der Waals surface area contributed by atoms with Crippen LogP contribution in [0.25, 0.3) is 187 Å². The van der Waals surface area contributed by atoms with Crippen molar-refractivity contribution in [1.82, 2.24) is 0 Å². The van der Waals surface area contributed by atoms with Crippen molar-refractivity contribution in [3.05, 3.63) is 447 Å². The van der Waals surface area contributed by atoms with E-state index in [1.54, 1.807) is 0 Å². The SMILES string of the molecule is C1=C(c2ccc(N(c3ccc(-c4ccc(-c5ccc6c7ccccc7c7cc(-c8ccc(N(c9ccc(-c%10ccc%11ccccc%11c%10)cc9)c9ccc(-c%10cccc%11c%10oc%10ccccc%10%11)cc9)cc8)ccc7c6c5)c5ccccc45)cc3)c3ccc(-c4cccc5c4oc4ccccc45)cc3)cc2)CC2C(=C1)c1ccccc1-c1ccccc12. The van der Waals surface area contributed by atoms with Gasteiger partial charge in [0.1, 0.15) is 22.3 Å². The summed E-state index contributed by atoms with van der Waals surface area (Å²) in [5.41, 5.74) is 33.1. The van der Waals surface area contributed by atoms with Crippen LogP contribution in [0.1, 0.15) is 29.0 Å². The van der Waals surface area contributed by atoms with Crippen molar-refractivity contribution in [3.8, 4) is 77.9 Å². The molecule has 560 valence electrons. The lowest BCUT2D eigenvalue weighted by Gasteiger charge is -2.33. The van der Waals surface area contributed by atoms with Crippen molar-refractivity contribution in [3.63, 3.8) is 0 Å². The maximum absolute atomic E-state index is 6.57. The van der Waals surface area contributed by atoms with E-state index in [4.69, 9.17) is 8.83 Å². The quantitative estimate of drug-likeness (QED) is 0.108. The first-order chi connectivity index (χ1) is 59.5. The Bertz CT molecular complexity index is 7960. The second kappa shape index (κ2) is 28.1. The van der Waals surface area contributed by atoms with E-state index >= 15 is 0 Å². The number of anilines is 6. The molecule has 2 aliphatic carbocycles. The molecule has 0 saturated heterocycles. The van der Waals surface area contributed by atoms with E-state index in [0.717, 1.165) is 123 Å². The van der Waals surface area contributed by atoms with Crippen LogP contribution < -0.4 is 9.80 Å². The number of fused-ring (bicyclic) bond motifs is 20. The average Bonchev–Trinajstić information content (AvgIpc) is 0.974. The molecule has 1 atom stereocenters. The first-order valence-electron chi connectivity index (χ1n) is 41.5. The molecular formula is C116H74N2O2.